The molecule has 1 aromatic rings. The van der Waals surface area contributed by atoms with Crippen LogP contribution in [0.1, 0.15) is 31.2 Å². The molecular formula is C13H15BrClN3O. The third kappa shape index (κ3) is 2.03. The molecule has 2 heterocycles. The SMILES string of the molecule is NC(=O)[C@H]1CC[C@]2(CC1)CNc1ncc(Br)c(Cl)c12. The van der Waals surface area contributed by atoms with Crippen LogP contribution in [0, 0.1) is 5.92 Å². The smallest absolute Gasteiger partial charge is 0.220 e. The number of amides is 1. The fraction of sp³-hybridized carbons (Fsp3) is 0.538. The zero-order chi connectivity index (χ0) is 13.6. The van der Waals surface area contributed by atoms with Gasteiger partial charge in [0, 0.05) is 29.6 Å². The maximum absolute atomic E-state index is 11.3. The third-order valence-corrected chi connectivity index (χ3v) is 5.66. The molecule has 1 aliphatic carbocycles. The molecule has 2 aliphatic rings. The summed E-state index contributed by atoms with van der Waals surface area (Å²) in [6.45, 7) is 0.844. The first-order valence-electron chi connectivity index (χ1n) is 6.41. The number of rotatable bonds is 1. The van der Waals surface area contributed by atoms with E-state index in [1.54, 1.807) is 6.20 Å². The molecule has 3 rings (SSSR count). The van der Waals surface area contributed by atoms with Gasteiger partial charge in [-0.3, -0.25) is 4.79 Å². The molecule has 4 nitrogen and oxygen atoms in total. The van der Waals surface area contributed by atoms with E-state index in [0.29, 0.717) is 0 Å². The Bertz CT molecular complexity index is 541. The Morgan fingerprint density at radius 3 is 2.84 bits per heavy atom. The summed E-state index contributed by atoms with van der Waals surface area (Å²) >= 11 is 9.88. The second-order valence-corrected chi connectivity index (χ2v) is 6.69. The lowest BCUT2D eigenvalue weighted by Crippen LogP contribution is -2.37. The lowest BCUT2D eigenvalue weighted by molar-refractivity contribution is -0.123. The quantitative estimate of drug-likeness (QED) is 0.823. The summed E-state index contributed by atoms with van der Waals surface area (Å²) in [6, 6.07) is 0. The van der Waals surface area contributed by atoms with Gasteiger partial charge in [-0.1, -0.05) is 11.6 Å². The Labute approximate surface area is 125 Å². The number of hydrogen-bond donors (Lipinski definition) is 2. The summed E-state index contributed by atoms with van der Waals surface area (Å²) in [5.74, 6) is 0.707. The minimum Gasteiger partial charge on any atom is -0.369 e. The summed E-state index contributed by atoms with van der Waals surface area (Å²) in [4.78, 5) is 15.7. The second-order valence-electron chi connectivity index (χ2n) is 5.45. The molecular weight excluding hydrogens is 330 g/mol. The first kappa shape index (κ1) is 13.2. The zero-order valence-corrected chi connectivity index (χ0v) is 12.7. The highest BCUT2D eigenvalue weighted by atomic mass is 79.9. The van der Waals surface area contributed by atoms with Crippen molar-refractivity contribution >= 4 is 39.3 Å². The van der Waals surface area contributed by atoms with Crippen LogP contribution in [0.5, 0.6) is 0 Å². The topological polar surface area (TPSA) is 68.0 Å². The molecule has 1 fully saturated rings. The molecule has 6 heteroatoms. The van der Waals surface area contributed by atoms with Gasteiger partial charge in [0.05, 0.1) is 9.50 Å². The van der Waals surface area contributed by atoms with Crippen LogP contribution in [0.15, 0.2) is 10.7 Å². The Balaban J connectivity index is 1.94. The minimum atomic E-state index is -0.181. The number of nitrogens with two attached hydrogens (primary N) is 1. The first-order chi connectivity index (χ1) is 9.03. The van der Waals surface area contributed by atoms with E-state index in [9.17, 15) is 4.79 Å². The fourth-order valence-electron chi connectivity index (χ4n) is 3.31. The number of carbonyl (C=O) groups is 1. The number of pyridine rings is 1. The molecule has 19 heavy (non-hydrogen) atoms. The summed E-state index contributed by atoms with van der Waals surface area (Å²) in [6.07, 6.45) is 5.25. The monoisotopic (exact) mass is 343 g/mol. The van der Waals surface area contributed by atoms with E-state index < -0.39 is 0 Å². The van der Waals surface area contributed by atoms with Crippen LogP contribution in [-0.2, 0) is 10.2 Å². The number of nitrogens with zero attached hydrogens (tertiary/aromatic N) is 1. The number of carbonyl (C=O) groups excluding carboxylic acids is 1. The summed E-state index contributed by atoms with van der Waals surface area (Å²) < 4.78 is 0.827. The minimum absolute atomic E-state index is 0.00793. The number of aromatic nitrogens is 1. The molecule has 0 atom stereocenters. The summed E-state index contributed by atoms with van der Waals surface area (Å²) in [7, 11) is 0. The van der Waals surface area contributed by atoms with Gasteiger partial charge in [0.2, 0.25) is 5.91 Å². The van der Waals surface area contributed by atoms with Gasteiger partial charge in [0.1, 0.15) is 5.82 Å². The van der Waals surface area contributed by atoms with Crippen molar-refractivity contribution in [2.75, 3.05) is 11.9 Å². The first-order valence-corrected chi connectivity index (χ1v) is 7.58. The molecule has 0 saturated heterocycles. The molecule has 0 radical (unpaired) electrons. The summed E-state index contributed by atoms with van der Waals surface area (Å²) in [5.41, 5.74) is 6.51. The number of hydrogen-bond acceptors (Lipinski definition) is 3. The zero-order valence-electron chi connectivity index (χ0n) is 10.4. The average Bonchev–Trinajstić information content (AvgIpc) is 2.74. The van der Waals surface area contributed by atoms with E-state index in [-0.39, 0.29) is 17.2 Å². The Morgan fingerprint density at radius 2 is 2.21 bits per heavy atom. The summed E-state index contributed by atoms with van der Waals surface area (Å²) in [5, 5.41) is 4.08. The van der Waals surface area contributed by atoms with Crippen LogP contribution in [-0.4, -0.2) is 17.4 Å². The predicted octanol–water partition coefficient (Wildman–Crippen LogP) is 2.84. The van der Waals surface area contributed by atoms with Crippen LogP contribution in [0.2, 0.25) is 5.02 Å². The third-order valence-electron chi connectivity index (χ3n) is 4.44. The van der Waals surface area contributed by atoms with Crippen molar-refractivity contribution in [3.63, 3.8) is 0 Å². The number of halogens is 2. The fourth-order valence-corrected chi connectivity index (χ4v) is 3.95. The van der Waals surface area contributed by atoms with Crippen molar-refractivity contribution in [3.05, 3.63) is 21.3 Å². The molecule has 3 N–H and O–H groups in total. The molecule has 1 saturated carbocycles. The van der Waals surface area contributed by atoms with Gasteiger partial charge in [-0.15, -0.1) is 0 Å². The standard InChI is InChI=1S/C13H15BrClN3O/c14-8-5-17-12-9(10(8)15)13(6-18-12)3-1-7(2-4-13)11(16)19/h5,7H,1-4,6H2,(H2,16,19)(H,17,18)/t7-,13-. The van der Waals surface area contributed by atoms with E-state index in [1.165, 1.54) is 0 Å². The van der Waals surface area contributed by atoms with Crippen molar-refractivity contribution in [2.24, 2.45) is 11.7 Å². The highest BCUT2D eigenvalue weighted by molar-refractivity contribution is 9.10. The number of nitrogens with one attached hydrogen (secondary N) is 1. The van der Waals surface area contributed by atoms with Gasteiger partial charge in [-0.05, 0) is 41.6 Å². The number of anilines is 1. The van der Waals surface area contributed by atoms with Crippen LogP contribution in [0.4, 0.5) is 5.82 Å². The van der Waals surface area contributed by atoms with Crippen LogP contribution < -0.4 is 11.1 Å². The molecule has 0 bridgehead atoms. The molecule has 102 valence electrons. The van der Waals surface area contributed by atoms with E-state index in [4.69, 9.17) is 17.3 Å². The molecule has 0 aromatic carbocycles. The maximum Gasteiger partial charge on any atom is 0.220 e. The predicted molar refractivity (Wildman–Crippen MR) is 78.3 cm³/mol. The van der Waals surface area contributed by atoms with Crippen molar-refractivity contribution < 1.29 is 4.79 Å². The van der Waals surface area contributed by atoms with Crippen molar-refractivity contribution in [2.45, 2.75) is 31.1 Å². The van der Waals surface area contributed by atoms with E-state index in [2.05, 4.69) is 26.2 Å². The normalized spacial score (nSPS) is 29.1. The number of fused-ring (bicyclic) bond motifs is 2. The van der Waals surface area contributed by atoms with E-state index in [1.807, 2.05) is 0 Å². The van der Waals surface area contributed by atoms with Gasteiger partial charge in [0.15, 0.2) is 0 Å². The number of primary amides is 1. The van der Waals surface area contributed by atoms with Gasteiger partial charge < -0.3 is 11.1 Å². The van der Waals surface area contributed by atoms with Gasteiger partial charge in [-0.2, -0.15) is 0 Å². The van der Waals surface area contributed by atoms with Crippen molar-refractivity contribution in [1.29, 1.82) is 0 Å². The van der Waals surface area contributed by atoms with E-state index in [0.717, 1.165) is 53.1 Å². The molecule has 1 aromatic heterocycles. The molecule has 1 aliphatic heterocycles. The Morgan fingerprint density at radius 1 is 1.53 bits per heavy atom. The lowest BCUT2D eigenvalue weighted by Gasteiger charge is -2.36. The van der Waals surface area contributed by atoms with Gasteiger partial charge in [-0.25, -0.2) is 4.98 Å². The average molecular weight is 345 g/mol. The maximum atomic E-state index is 11.3. The molecule has 1 spiro atoms. The van der Waals surface area contributed by atoms with E-state index >= 15 is 0 Å². The lowest BCUT2D eigenvalue weighted by atomic mass is 9.68. The van der Waals surface area contributed by atoms with Crippen molar-refractivity contribution in [1.82, 2.24) is 4.98 Å². The van der Waals surface area contributed by atoms with Crippen LogP contribution in [0.3, 0.4) is 0 Å². The molecule has 0 unspecified atom stereocenters. The second kappa shape index (κ2) is 4.63. The Hall–Kier alpha value is -0.810. The highest BCUT2D eigenvalue weighted by Gasteiger charge is 2.45. The van der Waals surface area contributed by atoms with Crippen LogP contribution >= 0.6 is 27.5 Å². The van der Waals surface area contributed by atoms with Gasteiger partial charge >= 0.3 is 0 Å². The largest absolute Gasteiger partial charge is 0.369 e. The molecule has 1 amide bonds. The van der Waals surface area contributed by atoms with Crippen molar-refractivity contribution in [3.8, 4) is 0 Å². The van der Waals surface area contributed by atoms with Gasteiger partial charge in [0.25, 0.3) is 0 Å². The highest BCUT2D eigenvalue weighted by Crippen LogP contribution is 2.51. The van der Waals surface area contributed by atoms with Crippen LogP contribution in [0.25, 0.3) is 0 Å². The Kier molecular flexibility index (Phi) is 3.21.